The van der Waals surface area contributed by atoms with Crippen LogP contribution in [0.15, 0.2) is 36.7 Å². The molecule has 0 aliphatic heterocycles. The Morgan fingerprint density at radius 2 is 1.65 bits per heavy atom. The van der Waals surface area contributed by atoms with E-state index in [0.29, 0.717) is 17.2 Å². The molecule has 0 fully saturated rings. The Bertz CT molecular complexity index is 573. The van der Waals surface area contributed by atoms with Crippen molar-refractivity contribution >= 4 is 0 Å². The third-order valence-electron chi connectivity index (χ3n) is 3.11. The zero-order valence-corrected chi connectivity index (χ0v) is 11.8. The van der Waals surface area contributed by atoms with Crippen LogP contribution in [0.3, 0.4) is 0 Å². The lowest BCUT2D eigenvalue weighted by atomic mass is 9.99. The van der Waals surface area contributed by atoms with Gasteiger partial charge in [0.15, 0.2) is 11.5 Å². The van der Waals surface area contributed by atoms with E-state index in [1.807, 2.05) is 18.2 Å². The highest BCUT2D eigenvalue weighted by Gasteiger charge is 2.18. The Labute approximate surface area is 118 Å². The predicted octanol–water partition coefficient (Wildman–Crippen LogP) is 2.16. The van der Waals surface area contributed by atoms with Gasteiger partial charge in [-0.25, -0.2) is 0 Å². The Kier molecular flexibility index (Phi) is 4.42. The highest BCUT2D eigenvalue weighted by Crippen LogP contribution is 2.38. The lowest BCUT2D eigenvalue weighted by Gasteiger charge is -2.18. The summed E-state index contributed by atoms with van der Waals surface area (Å²) in [5, 5.41) is 0. The van der Waals surface area contributed by atoms with Gasteiger partial charge in [-0.1, -0.05) is 6.07 Å². The number of aromatic nitrogens is 1. The molecule has 5 heteroatoms. The van der Waals surface area contributed by atoms with E-state index in [4.69, 9.17) is 19.9 Å². The molecule has 0 aliphatic rings. The topological polar surface area (TPSA) is 66.6 Å². The molecule has 0 bridgehead atoms. The van der Waals surface area contributed by atoms with Crippen molar-refractivity contribution in [2.24, 2.45) is 5.73 Å². The van der Waals surface area contributed by atoms with Crippen LogP contribution in [-0.4, -0.2) is 26.3 Å². The summed E-state index contributed by atoms with van der Waals surface area (Å²) in [6.07, 6.45) is 3.45. The monoisotopic (exact) mass is 274 g/mol. The predicted molar refractivity (Wildman–Crippen MR) is 76.4 cm³/mol. The number of benzene rings is 1. The summed E-state index contributed by atoms with van der Waals surface area (Å²) in [6.45, 7) is 0. The number of hydrogen-bond acceptors (Lipinski definition) is 5. The van der Waals surface area contributed by atoms with E-state index in [1.165, 1.54) is 0 Å². The van der Waals surface area contributed by atoms with E-state index in [9.17, 15) is 0 Å². The second kappa shape index (κ2) is 6.25. The highest BCUT2D eigenvalue weighted by molar-refractivity contribution is 5.53. The molecule has 2 aromatic rings. The van der Waals surface area contributed by atoms with Gasteiger partial charge in [-0.2, -0.15) is 0 Å². The fourth-order valence-electron chi connectivity index (χ4n) is 2.04. The van der Waals surface area contributed by atoms with Crippen molar-refractivity contribution in [3.05, 3.63) is 47.8 Å². The lowest BCUT2D eigenvalue weighted by molar-refractivity contribution is 0.347. The third kappa shape index (κ3) is 2.67. The van der Waals surface area contributed by atoms with Crippen LogP contribution in [0.2, 0.25) is 0 Å². The average Bonchev–Trinajstić information content (AvgIpc) is 2.53. The summed E-state index contributed by atoms with van der Waals surface area (Å²) in [5.74, 6) is 1.87. The largest absolute Gasteiger partial charge is 0.496 e. The first kappa shape index (κ1) is 14.1. The Balaban J connectivity index is 2.49. The van der Waals surface area contributed by atoms with Crippen molar-refractivity contribution in [2.45, 2.75) is 6.04 Å². The summed E-state index contributed by atoms with van der Waals surface area (Å²) in [5.41, 5.74) is 8.01. The van der Waals surface area contributed by atoms with Gasteiger partial charge < -0.3 is 19.9 Å². The summed E-state index contributed by atoms with van der Waals surface area (Å²) < 4.78 is 16.0. The fraction of sp³-hybridized carbons (Fsp3) is 0.267. The molecular weight excluding hydrogens is 256 g/mol. The van der Waals surface area contributed by atoms with Crippen molar-refractivity contribution in [3.63, 3.8) is 0 Å². The van der Waals surface area contributed by atoms with Crippen molar-refractivity contribution < 1.29 is 14.2 Å². The van der Waals surface area contributed by atoms with Crippen molar-refractivity contribution in [3.8, 4) is 17.2 Å². The van der Waals surface area contributed by atoms with E-state index >= 15 is 0 Å². The molecule has 5 nitrogen and oxygen atoms in total. The number of pyridine rings is 1. The second-order valence-corrected chi connectivity index (χ2v) is 4.21. The number of methoxy groups -OCH3 is 3. The fourth-order valence-corrected chi connectivity index (χ4v) is 2.04. The van der Waals surface area contributed by atoms with E-state index in [-0.39, 0.29) is 6.04 Å². The summed E-state index contributed by atoms with van der Waals surface area (Å²) in [6, 6.07) is 7.02. The molecule has 1 aromatic heterocycles. The summed E-state index contributed by atoms with van der Waals surface area (Å²) in [7, 11) is 4.77. The number of hydrogen-bond donors (Lipinski definition) is 1. The minimum atomic E-state index is -0.349. The minimum absolute atomic E-state index is 0.349. The van der Waals surface area contributed by atoms with Gasteiger partial charge in [0.25, 0.3) is 0 Å². The Hall–Kier alpha value is -2.27. The molecule has 1 aromatic carbocycles. The van der Waals surface area contributed by atoms with Gasteiger partial charge in [0.1, 0.15) is 5.75 Å². The number of nitrogens with two attached hydrogens (primary N) is 1. The van der Waals surface area contributed by atoms with Crippen LogP contribution in [0.5, 0.6) is 17.2 Å². The molecule has 0 saturated heterocycles. The minimum Gasteiger partial charge on any atom is -0.496 e. The maximum Gasteiger partial charge on any atom is 0.164 e. The standard InChI is InChI=1S/C15H18N2O3/c1-18-12-8-14(20-3)13(19-2)7-11(12)15(16)10-5-4-6-17-9-10/h4-9,15H,16H2,1-3H3. The first-order chi connectivity index (χ1) is 9.71. The number of nitrogens with zero attached hydrogens (tertiary/aromatic N) is 1. The smallest absolute Gasteiger partial charge is 0.164 e. The van der Waals surface area contributed by atoms with Crippen LogP contribution in [0.4, 0.5) is 0 Å². The van der Waals surface area contributed by atoms with Crippen molar-refractivity contribution in [2.75, 3.05) is 21.3 Å². The van der Waals surface area contributed by atoms with E-state index in [1.54, 1.807) is 39.8 Å². The molecule has 0 aliphatic carbocycles. The van der Waals surface area contributed by atoms with E-state index in [0.717, 1.165) is 11.1 Å². The third-order valence-corrected chi connectivity index (χ3v) is 3.11. The van der Waals surface area contributed by atoms with Crippen LogP contribution >= 0.6 is 0 Å². The molecular formula is C15H18N2O3. The molecule has 0 spiro atoms. The van der Waals surface area contributed by atoms with Gasteiger partial charge in [0.05, 0.1) is 27.4 Å². The van der Waals surface area contributed by atoms with Gasteiger partial charge >= 0.3 is 0 Å². The van der Waals surface area contributed by atoms with Crippen LogP contribution in [0, 0.1) is 0 Å². The number of rotatable bonds is 5. The maximum atomic E-state index is 6.29. The molecule has 2 N–H and O–H groups in total. The summed E-state index contributed by atoms with van der Waals surface area (Å²) >= 11 is 0. The van der Waals surface area contributed by atoms with E-state index < -0.39 is 0 Å². The molecule has 1 atom stereocenters. The molecule has 1 unspecified atom stereocenters. The Morgan fingerprint density at radius 1 is 1.00 bits per heavy atom. The van der Waals surface area contributed by atoms with Gasteiger partial charge in [0.2, 0.25) is 0 Å². The molecule has 1 heterocycles. The molecule has 20 heavy (non-hydrogen) atoms. The lowest BCUT2D eigenvalue weighted by Crippen LogP contribution is -2.13. The highest BCUT2D eigenvalue weighted by atomic mass is 16.5. The van der Waals surface area contributed by atoms with Crippen LogP contribution in [-0.2, 0) is 0 Å². The first-order valence-electron chi connectivity index (χ1n) is 6.16. The quantitative estimate of drug-likeness (QED) is 0.905. The van der Waals surface area contributed by atoms with Crippen molar-refractivity contribution in [1.82, 2.24) is 4.98 Å². The molecule has 0 saturated carbocycles. The Morgan fingerprint density at radius 3 is 2.20 bits per heavy atom. The summed E-state index contributed by atoms with van der Waals surface area (Å²) in [4.78, 5) is 4.09. The molecule has 106 valence electrons. The van der Waals surface area contributed by atoms with Crippen LogP contribution < -0.4 is 19.9 Å². The zero-order chi connectivity index (χ0) is 14.5. The molecule has 0 radical (unpaired) electrons. The van der Waals surface area contributed by atoms with E-state index in [2.05, 4.69) is 4.98 Å². The maximum absolute atomic E-state index is 6.29. The van der Waals surface area contributed by atoms with Gasteiger partial charge in [-0.05, 0) is 17.7 Å². The normalized spacial score (nSPS) is 11.8. The average molecular weight is 274 g/mol. The van der Waals surface area contributed by atoms with Crippen molar-refractivity contribution in [1.29, 1.82) is 0 Å². The van der Waals surface area contributed by atoms with Crippen LogP contribution in [0.1, 0.15) is 17.2 Å². The van der Waals surface area contributed by atoms with Gasteiger partial charge in [-0.15, -0.1) is 0 Å². The van der Waals surface area contributed by atoms with Gasteiger partial charge in [-0.3, -0.25) is 4.98 Å². The number of ether oxygens (including phenoxy) is 3. The second-order valence-electron chi connectivity index (χ2n) is 4.21. The van der Waals surface area contributed by atoms with Crippen LogP contribution in [0.25, 0.3) is 0 Å². The zero-order valence-electron chi connectivity index (χ0n) is 11.8. The van der Waals surface area contributed by atoms with Gasteiger partial charge in [0, 0.05) is 24.0 Å². The SMILES string of the molecule is COc1cc(OC)c(C(N)c2cccnc2)cc1OC. The molecule has 2 rings (SSSR count). The first-order valence-corrected chi connectivity index (χ1v) is 6.16. The molecule has 0 amide bonds.